The third-order valence-corrected chi connectivity index (χ3v) is 5.40. The highest BCUT2D eigenvalue weighted by Crippen LogP contribution is 2.50. The van der Waals surface area contributed by atoms with Crippen LogP contribution in [0.1, 0.15) is 57.1 Å². The Hall–Kier alpha value is -3.08. The van der Waals surface area contributed by atoms with Crippen molar-refractivity contribution in [2.75, 3.05) is 11.9 Å². The van der Waals surface area contributed by atoms with E-state index in [4.69, 9.17) is 4.74 Å². The number of allylic oxidation sites excluding steroid dienone is 2. The van der Waals surface area contributed by atoms with Crippen molar-refractivity contribution in [1.29, 1.82) is 0 Å². The third kappa shape index (κ3) is 2.99. The highest BCUT2D eigenvalue weighted by atomic mass is 16.5. The average molecular weight is 362 g/mol. The molecule has 0 radical (unpaired) electrons. The van der Waals surface area contributed by atoms with Crippen LogP contribution in [0.2, 0.25) is 0 Å². The maximum atomic E-state index is 12.4. The minimum Gasteiger partial charge on any atom is -0.545 e. The molecule has 0 spiro atoms. The van der Waals surface area contributed by atoms with E-state index < -0.39 is 5.97 Å². The van der Waals surface area contributed by atoms with E-state index in [0.29, 0.717) is 18.1 Å². The van der Waals surface area contributed by atoms with Gasteiger partial charge in [0.15, 0.2) is 0 Å². The van der Waals surface area contributed by atoms with Crippen molar-refractivity contribution >= 4 is 17.6 Å². The maximum Gasteiger partial charge on any atom is 0.340 e. The lowest BCUT2D eigenvalue weighted by Crippen LogP contribution is -2.30. The molecule has 138 valence electrons. The molecule has 4 rings (SSSR count). The molecule has 1 aliphatic heterocycles. The van der Waals surface area contributed by atoms with E-state index in [1.807, 2.05) is 24.3 Å². The Bertz CT molecular complexity index is 916. The summed E-state index contributed by atoms with van der Waals surface area (Å²) in [5.74, 6) is -1.01. The van der Waals surface area contributed by atoms with E-state index in [-0.39, 0.29) is 23.5 Å². The van der Waals surface area contributed by atoms with Crippen molar-refractivity contribution in [3.05, 3.63) is 76.9 Å². The number of para-hydroxylation sites is 1. The number of carbonyl (C=O) groups is 2. The van der Waals surface area contributed by atoms with Crippen LogP contribution in [0, 0.1) is 5.92 Å². The number of nitrogens with one attached hydrogen (secondary N) is 1. The van der Waals surface area contributed by atoms with Gasteiger partial charge >= 0.3 is 5.97 Å². The number of aromatic carboxylic acids is 1. The van der Waals surface area contributed by atoms with Gasteiger partial charge in [0.05, 0.1) is 29.9 Å². The molecule has 0 bridgehead atoms. The van der Waals surface area contributed by atoms with Crippen molar-refractivity contribution in [2.24, 2.45) is 5.92 Å². The van der Waals surface area contributed by atoms with Gasteiger partial charge in [-0.15, -0.1) is 0 Å². The average Bonchev–Trinajstić information content (AvgIpc) is 3.17. The Morgan fingerprint density at radius 2 is 1.96 bits per heavy atom. The second kappa shape index (κ2) is 6.91. The van der Waals surface area contributed by atoms with E-state index in [1.165, 1.54) is 0 Å². The number of fused-ring (bicyclic) bond motifs is 3. The Balaban J connectivity index is 1.75. The number of anilines is 1. The first-order valence-electron chi connectivity index (χ1n) is 9.14. The minimum absolute atomic E-state index is 0.0242. The molecule has 3 atom stereocenters. The zero-order chi connectivity index (χ0) is 19.0. The maximum absolute atomic E-state index is 12.4. The van der Waals surface area contributed by atoms with Gasteiger partial charge in [-0.3, -0.25) is 0 Å². The lowest BCUT2D eigenvalue weighted by molar-refractivity contribution is -0.255. The molecule has 0 saturated carbocycles. The number of rotatable bonds is 4. The van der Waals surface area contributed by atoms with Crippen LogP contribution in [0.25, 0.3) is 0 Å². The molecule has 2 aliphatic rings. The molecule has 2 aromatic rings. The molecule has 0 fully saturated rings. The second-order valence-corrected chi connectivity index (χ2v) is 6.88. The van der Waals surface area contributed by atoms with Crippen molar-refractivity contribution in [3.8, 4) is 0 Å². The molecule has 1 aliphatic carbocycles. The van der Waals surface area contributed by atoms with Crippen LogP contribution in [0.5, 0.6) is 0 Å². The monoisotopic (exact) mass is 362 g/mol. The molecule has 27 heavy (non-hydrogen) atoms. The largest absolute Gasteiger partial charge is 0.545 e. The van der Waals surface area contributed by atoms with E-state index >= 15 is 0 Å². The van der Waals surface area contributed by atoms with Crippen LogP contribution in [0.3, 0.4) is 0 Å². The van der Waals surface area contributed by atoms with E-state index in [0.717, 1.165) is 23.2 Å². The van der Waals surface area contributed by atoms with Crippen LogP contribution in [0.4, 0.5) is 5.69 Å². The normalized spacial score (nSPS) is 22.5. The highest BCUT2D eigenvalue weighted by molar-refractivity contribution is 5.97. The summed E-state index contributed by atoms with van der Waals surface area (Å²) in [7, 11) is 0. The van der Waals surface area contributed by atoms with Gasteiger partial charge in [-0.1, -0.05) is 48.6 Å². The smallest absolute Gasteiger partial charge is 0.340 e. The van der Waals surface area contributed by atoms with Crippen LogP contribution < -0.4 is 10.4 Å². The first-order chi connectivity index (χ1) is 13.1. The standard InChI is InChI=1S/C22H21NO4/c1-2-27-22(26)18-8-4-7-17-15-5-3-6-16(15)19(23-20(17)18)13-9-11-14(12-10-13)21(24)25/h3-5,7-12,15-16,19,23H,2,6H2,1H3,(H,24,25)/p-1/t15-,16+,19-/m0/s1. The summed E-state index contributed by atoms with van der Waals surface area (Å²) >= 11 is 0. The summed E-state index contributed by atoms with van der Waals surface area (Å²) < 4.78 is 5.22. The quantitative estimate of drug-likeness (QED) is 0.668. The number of carbonyl (C=O) groups excluding carboxylic acids is 2. The number of benzene rings is 2. The van der Waals surface area contributed by atoms with Gasteiger partial charge in [0.2, 0.25) is 0 Å². The van der Waals surface area contributed by atoms with Gasteiger partial charge in [-0.25, -0.2) is 4.79 Å². The lowest BCUT2D eigenvalue weighted by Gasteiger charge is -2.38. The molecule has 1 heterocycles. The zero-order valence-electron chi connectivity index (χ0n) is 15.0. The Kier molecular flexibility index (Phi) is 4.44. The SMILES string of the molecule is CCOC(=O)c1cccc2c1N[C@@H](c1ccc(C(=O)[O-])cc1)[C@@H]1CC=C[C@H]21. The summed E-state index contributed by atoms with van der Waals surface area (Å²) in [6, 6.07) is 12.5. The number of carboxylic acid groups (broad SMARTS) is 1. The fourth-order valence-electron chi connectivity index (χ4n) is 4.16. The van der Waals surface area contributed by atoms with Crippen LogP contribution in [-0.4, -0.2) is 18.5 Å². The Morgan fingerprint density at radius 1 is 1.19 bits per heavy atom. The van der Waals surface area contributed by atoms with Gasteiger partial charge in [0.25, 0.3) is 0 Å². The second-order valence-electron chi connectivity index (χ2n) is 6.88. The number of esters is 1. The predicted molar refractivity (Wildman–Crippen MR) is 99.5 cm³/mol. The topological polar surface area (TPSA) is 78.5 Å². The summed E-state index contributed by atoms with van der Waals surface area (Å²) in [6.45, 7) is 2.11. The van der Waals surface area contributed by atoms with Gasteiger partial charge in [0, 0.05) is 5.92 Å². The first-order valence-corrected chi connectivity index (χ1v) is 9.14. The summed E-state index contributed by atoms with van der Waals surface area (Å²) in [6.07, 6.45) is 5.29. The molecule has 5 heteroatoms. The lowest BCUT2D eigenvalue weighted by atomic mass is 9.76. The molecule has 2 aromatic carbocycles. The van der Waals surface area contributed by atoms with Crippen molar-refractivity contribution in [3.63, 3.8) is 0 Å². The molecule has 0 unspecified atom stereocenters. The Labute approximate surface area is 157 Å². The molecule has 0 amide bonds. The predicted octanol–water partition coefficient (Wildman–Crippen LogP) is 3.05. The third-order valence-electron chi connectivity index (χ3n) is 5.40. The van der Waals surface area contributed by atoms with Crippen molar-refractivity contribution in [1.82, 2.24) is 0 Å². The van der Waals surface area contributed by atoms with Crippen LogP contribution in [0.15, 0.2) is 54.6 Å². The fraction of sp³-hybridized carbons (Fsp3) is 0.273. The molecule has 0 saturated heterocycles. The Morgan fingerprint density at radius 3 is 2.67 bits per heavy atom. The molecule has 5 nitrogen and oxygen atoms in total. The molecule has 0 aromatic heterocycles. The number of hydrogen-bond acceptors (Lipinski definition) is 5. The van der Waals surface area contributed by atoms with E-state index in [2.05, 4.69) is 17.5 Å². The summed E-state index contributed by atoms with van der Waals surface area (Å²) in [4.78, 5) is 23.4. The first kappa shape index (κ1) is 17.3. The molecular formula is C22H20NO4-. The van der Waals surface area contributed by atoms with E-state index in [9.17, 15) is 14.7 Å². The zero-order valence-corrected chi connectivity index (χ0v) is 15.0. The molecular weight excluding hydrogens is 342 g/mol. The van der Waals surface area contributed by atoms with Crippen LogP contribution in [-0.2, 0) is 4.74 Å². The van der Waals surface area contributed by atoms with E-state index in [1.54, 1.807) is 25.1 Å². The number of carboxylic acids is 1. The summed E-state index contributed by atoms with van der Waals surface area (Å²) in [5, 5.41) is 14.6. The van der Waals surface area contributed by atoms with Crippen molar-refractivity contribution < 1.29 is 19.4 Å². The minimum atomic E-state index is -1.19. The van der Waals surface area contributed by atoms with Gasteiger partial charge < -0.3 is 20.0 Å². The van der Waals surface area contributed by atoms with Gasteiger partial charge in [-0.05, 0) is 42.0 Å². The fourth-order valence-corrected chi connectivity index (χ4v) is 4.16. The number of hydrogen-bond donors (Lipinski definition) is 1. The van der Waals surface area contributed by atoms with Crippen molar-refractivity contribution in [2.45, 2.75) is 25.3 Å². The van der Waals surface area contributed by atoms with Crippen LogP contribution >= 0.6 is 0 Å². The molecule has 1 N–H and O–H groups in total. The van der Waals surface area contributed by atoms with Gasteiger partial charge in [-0.2, -0.15) is 0 Å². The number of ether oxygens (including phenoxy) is 1. The van der Waals surface area contributed by atoms with Gasteiger partial charge in [0.1, 0.15) is 0 Å². The highest BCUT2D eigenvalue weighted by Gasteiger charge is 2.39. The summed E-state index contributed by atoms with van der Waals surface area (Å²) in [5.41, 5.74) is 3.58.